The van der Waals surface area contributed by atoms with Crippen molar-refractivity contribution >= 4 is 11.7 Å². The zero-order chi connectivity index (χ0) is 19.5. The Bertz CT molecular complexity index is 835. The van der Waals surface area contributed by atoms with Gasteiger partial charge in [-0.25, -0.2) is 4.39 Å². The summed E-state index contributed by atoms with van der Waals surface area (Å²) in [5, 5.41) is 9.49. The lowest BCUT2D eigenvalue weighted by Gasteiger charge is -2.17. The van der Waals surface area contributed by atoms with Crippen LogP contribution in [0.1, 0.15) is 16.7 Å². The Morgan fingerprint density at radius 1 is 1.15 bits per heavy atom. The number of alkyl halides is 3. The van der Waals surface area contributed by atoms with Gasteiger partial charge in [-0.3, -0.25) is 10.2 Å². The predicted molar refractivity (Wildman–Crippen MR) is 83.0 cm³/mol. The molecule has 0 heterocycles. The van der Waals surface area contributed by atoms with Crippen LogP contribution >= 0.6 is 0 Å². The van der Waals surface area contributed by atoms with Gasteiger partial charge >= 0.3 is 6.18 Å². The number of amidine groups is 1. The number of rotatable bonds is 4. The van der Waals surface area contributed by atoms with Crippen molar-refractivity contribution in [2.45, 2.75) is 12.6 Å². The molecule has 26 heavy (non-hydrogen) atoms. The van der Waals surface area contributed by atoms with Gasteiger partial charge in [-0.2, -0.15) is 17.6 Å². The number of halogens is 5. The molecule has 138 valence electrons. The zero-order valence-electron chi connectivity index (χ0n) is 13.4. The maximum atomic E-state index is 14.1. The van der Waals surface area contributed by atoms with E-state index in [0.29, 0.717) is 5.56 Å². The van der Waals surface area contributed by atoms with Crippen LogP contribution in [0, 0.1) is 17.0 Å². The van der Waals surface area contributed by atoms with Gasteiger partial charge in [-0.15, -0.1) is 0 Å². The average Bonchev–Trinajstić information content (AvgIpc) is 2.56. The maximum Gasteiger partial charge on any atom is 0.417 e. The number of benzene rings is 2. The van der Waals surface area contributed by atoms with Gasteiger partial charge in [0.2, 0.25) is 11.7 Å². The Balaban J connectivity index is 2.35. The first-order chi connectivity index (χ1) is 12.1. The molecule has 0 aliphatic heterocycles. The summed E-state index contributed by atoms with van der Waals surface area (Å²) in [6.45, 7) is 0. The number of ether oxygens (including phenoxy) is 1. The van der Waals surface area contributed by atoms with Gasteiger partial charge in [0, 0.05) is 0 Å². The highest BCUT2D eigenvalue weighted by Crippen LogP contribution is 2.37. The topological polar surface area (TPSA) is 62.2 Å². The maximum absolute atomic E-state index is 14.1. The van der Waals surface area contributed by atoms with Gasteiger partial charge in [0.15, 0.2) is 11.6 Å². The molecule has 0 saturated heterocycles. The summed E-state index contributed by atoms with van der Waals surface area (Å²) in [7, 11) is 0.880. The second-order valence-electron chi connectivity index (χ2n) is 5.21. The highest BCUT2D eigenvalue weighted by Gasteiger charge is 2.38. The van der Waals surface area contributed by atoms with Gasteiger partial charge in [-0.05, 0) is 11.6 Å². The molecule has 4 nitrogen and oxygen atoms in total. The van der Waals surface area contributed by atoms with E-state index in [1.54, 1.807) is 30.3 Å². The van der Waals surface area contributed by atoms with Crippen molar-refractivity contribution in [3.05, 3.63) is 64.7 Å². The summed E-state index contributed by atoms with van der Waals surface area (Å²) in [6, 6.07) is 8.43. The fourth-order valence-corrected chi connectivity index (χ4v) is 2.25. The lowest BCUT2D eigenvalue weighted by Crippen LogP contribution is -2.34. The number of hydrogen-bond acceptors (Lipinski definition) is 3. The molecule has 2 rings (SSSR count). The van der Waals surface area contributed by atoms with E-state index in [-0.39, 0.29) is 12.5 Å². The van der Waals surface area contributed by atoms with Crippen LogP contribution in [0.4, 0.5) is 22.0 Å². The molecule has 0 unspecified atom stereocenters. The number of hydrogen-bond donors (Lipinski definition) is 2. The quantitative estimate of drug-likeness (QED) is 0.489. The van der Waals surface area contributed by atoms with Crippen LogP contribution in [0.5, 0.6) is 5.75 Å². The Labute approximate surface area is 145 Å². The van der Waals surface area contributed by atoms with Crippen LogP contribution in [0.25, 0.3) is 0 Å². The third-order valence-electron chi connectivity index (χ3n) is 3.42. The molecule has 2 aromatic rings. The van der Waals surface area contributed by atoms with Crippen molar-refractivity contribution in [1.82, 2.24) is 5.32 Å². The second kappa shape index (κ2) is 7.51. The summed E-state index contributed by atoms with van der Waals surface area (Å²) in [6.07, 6.45) is -5.33. The molecule has 0 aliphatic rings. The SMILES string of the molecule is COc1cc(C(F)(F)F)c(C(=N)NC(=O)Cc2ccccc2)c(F)c1F. The summed E-state index contributed by atoms with van der Waals surface area (Å²) in [5.41, 5.74) is -2.48. The molecule has 0 fully saturated rings. The minimum absolute atomic E-state index is 0.242. The molecule has 0 aliphatic carbocycles. The second-order valence-corrected chi connectivity index (χ2v) is 5.21. The van der Waals surface area contributed by atoms with E-state index >= 15 is 0 Å². The third-order valence-corrected chi connectivity index (χ3v) is 3.42. The van der Waals surface area contributed by atoms with Gasteiger partial charge in [0.25, 0.3) is 0 Å². The lowest BCUT2D eigenvalue weighted by atomic mass is 10.0. The predicted octanol–water partition coefficient (Wildman–Crippen LogP) is 3.68. The Kier molecular flexibility index (Phi) is 5.59. The Morgan fingerprint density at radius 3 is 2.31 bits per heavy atom. The molecule has 2 N–H and O–H groups in total. The van der Waals surface area contributed by atoms with Crippen molar-refractivity contribution in [1.29, 1.82) is 5.41 Å². The van der Waals surface area contributed by atoms with Crippen LogP contribution in [0.15, 0.2) is 36.4 Å². The van der Waals surface area contributed by atoms with E-state index in [1.165, 1.54) is 0 Å². The number of carbonyl (C=O) groups excluding carboxylic acids is 1. The molecular weight excluding hydrogens is 359 g/mol. The minimum atomic E-state index is -5.09. The number of methoxy groups -OCH3 is 1. The summed E-state index contributed by atoms with van der Waals surface area (Å²) < 4.78 is 71.8. The van der Waals surface area contributed by atoms with E-state index in [0.717, 1.165) is 7.11 Å². The molecule has 0 spiro atoms. The Morgan fingerprint density at radius 2 is 1.77 bits per heavy atom. The first kappa shape index (κ1) is 19.4. The smallest absolute Gasteiger partial charge is 0.417 e. The highest BCUT2D eigenvalue weighted by molar-refractivity contribution is 6.07. The molecule has 0 radical (unpaired) electrons. The molecule has 0 bridgehead atoms. The van der Waals surface area contributed by atoms with Crippen molar-refractivity contribution in [2.75, 3.05) is 7.11 Å². The molecule has 0 saturated carbocycles. The molecule has 0 aromatic heterocycles. The highest BCUT2D eigenvalue weighted by atomic mass is 19.4. The largest absolute Gasteiger partial charge is 0.494 e. The van der Waals surface area contributed by atoms with E-state index in [4.69, 9.17) is 5.41 Å². The van der Waals surface area contributed by atoms with Crippen LogP contribution < -0.4 is 10.1 Å². The fraction of sp³-hybridized carbons (Fsp3) is 0.176. The van der Waals surface area contributed by atoms with E-state index in [9.17, 15) is 26.7 Å². The van der Waals surface area contributed by atoms with Gasteiger partial charge in [-0.1, -0.05) is 30.3 Å². The van der Waals surface area contributed by atoms with Crippen molar-refractivity contribution in [3.63, 3.8) is 0 Å². The fourth-order valence-electron chi connectivity index (χ4n) is 2.25. The van der Waals surface area contributed by atoms with Gasteiger partial charge in [0.1, 0.15) is 5.84 Å². The standard InChI is InChI=1S/C17H13F5N2O2/c1-26-11-8-10(17(20,21)22)13(15(19)14(11)18)16(23)24-12(25)7-9-5-3-2-4-6-9/h2-6,8H,7H2,1H3,(H2,23,24,25). The minimum Gasteiger partial charge on any atom is -0.494 e. The number of carbonyl (C=O) groups is 1. The van der Waals surface area contributed by atoms with Crippen molar-refractivity contribution in [2.24, 2.45) is 0 Å². The third kappa shape index (κ3) is 4.16. The first-order valence-corrected chi connectivity index (χ1v) is 7.21. The number of nitrogens with one attached hydrogen (secondary N) is 2. The monoisotopic (exact) mass is 372 g/mol. The molecule has 0 atom stereocenters. The van der Waals surface area contributed by atoms with Gasteiger partial charge in [0.05, 0.1) is 24.7 Å². The zero-order valence-corrected chi connectivity index (χ0v) is 13.4. The van der Waals surface area contributed by atoms with Crippen LogP contribution in [-0.4, -0.2) is 18.9 Å². The normalized spacial score (nSPS) is 11.2. The summed E-state index contributed by atoms with van der Waals surface area (Å²) in [5.74, 6) is -6.61. The van der Waals surface area contributed by atoms with E-state index in [1.807, 2.05) is 5.32 Å². The van der Waals surface area contributed by atoms with Crippen molar-refractivity contribution < 1.29 is 31.5 Å². The summed E-state index contributed by atoms with van der Waals surface area (Å²) >= 11 is 0. The van der Waals surface area contributed by atoms with Crippen LogP contribution in [0.3, 0.4) is 0 Å². The summed E-state index contributed by atoms with van der Waals surface area (Å²) in [4.78, 5) is 11.9. The molecule has 9 heteroatoms. The number of amides is 1. The average molecular weight is 372 g/mol. The molecular formula is C17H13F5N2O2. The van der Waals surface area contributed by atoms with Crippen molar-refractivity contribution in [3.8, 4) is 5.75 Å². The lowest BCUT2D eigenvalue weighted by molar-refractivity contribution is -0.138. The van der Waals surface area contributed by atoms with E-state index < -0.39 is 46.4 Å². The molecule has 1 amide bonds. The van der Waals surface area contributed by atoms with Crippen LogP contribution in [-0.2, 0) is 17.4 Å². The van der Waals surface area contributed by atoms with Crippen LogP contribution in [0.2, 0.25) is 0 Å². The molecule has 2 aromatic carbocycles. The van der Waals surface area contributed by atoms with E-state index in [2.05, 4.69) is 4.74 Å². The van der Waals surface area contributed by atoms with Gasteiger partial charge < -0.3 is 10.1 Å². The Hall–Kier alpha value is -2.97. The first-order valence-electron chi connectivity index (χ1n) is 7.21.